The number of nitrogens with two attached hydrogens (primary N) is 2. The Hall–Kier alpha value is -3.00. The fourth-order valence-electron chi connectivity index (χ4n) is 2.20. The van der Waals surface area contributed by atoms with Crippen LogP contribution in [0.5, 0.6) is 0 Å². The maximum Gasteiger partial charge on any atom is 0.261 e. The van der Waals surface area contributed by atoms with Gasteiger partial charge in [-0.05, 0) is 18.2 Å². The first kappa shape index (κ1) is 14.9. The number of imide groups is 1. The summed E-state index contributed by atoms with van der Waals surface area (Å²) in [6.45, 7) is 0.182. The number of nitrogens with zero attached hydrogens (tertiary/aromatic N) is 3. The quantitative estimate of drug-likeness (QED) is 0.500. The maximum absolute atomic E-state index is 12.2. The standard InChI is InChI=1S/C15H13N5O2S/c16-14(17)19-15-18-9(8-23-15)4-3-7-20-12(21)10-5-1-2-6-11(10)13(20)22/h1-6,8H,7H2,(H4,16,17,18,19). The third-order valence-electron chi connectivity index (χ3n) is 3.19. The zero-order valence-electron chi connectivity index (χ0n) is 12.0. The van der Waals surface area contributed by atoms with E-state index in [-0.39, 0.29) is 24.3 Å². The lowest BCUT2D eigenvalue weighted by molar-refractivity contribution is 0.0672. The largest absolute Gasteiger partial charge is 0.370 e. The van der Waals surface area contributed by atoms with E-state index in [4.69, 9.17) is 11.5 Å². The van der Waals surface area contributed by atoms with Crippen molar-refractivity contribution in [1.29, 1.82) is 0 Å². The highest BCUT2D eigenvalue weighted by atomic mass is 32.1. The van der Waals surface area contributed by atoms with Crippen LogP contribution in [0.15, 0.2) is 40.7 Å². The Labute approximate surface area is 136 Å². The topological polar surface area (TPSA) is 115 Å². The zero-order valence-corrected chi connectivity index (χ0v) is 12.8. The number of rotatable bonds is 4. The van der Waals surface area contributed by atoms with Crippen LogP contribution in [0.1, 0.15) is 26.4 Å². The number of carbonyl (C=O) groups excluding carboxylic acids is 2. The molecule has 116 valence electrons. The summed E-state index contributed by atoms with van der Waals surface area (Å²) in [6, 6.07) is 6.79. The Morgan fingerprint density at radius 1 is 1.22 bits per heavy atom. The molecule has 1 aliphatic heterocycles. The summed E-state index contributed by atoms with van der Waals surface area (Å²) < 4.78 is 0. The van der Waals surface area contributed by atoms with Gasteiger partial charge >= 0.3 is 0 Å². The fourth-order valence-corrected chi connectivity index (χ4v) is 2.87. The molecule has 0 radical (unpaired) electrons. The number of aliphatic imine (C=N–C) groups is 1. The molecule has 2 heterocycles. The normalized spacial score (nSPS) is 13.7. The molecular weight excluding hydrogens is 314 g/mol. The van der Waals surface area contributed by atoms with Gasteiger partial charge in [-0.25, -0.2) is 4.98 Å². The monoisotopic (exact) mass is 327 g/mol. The molecule has 23 heavy (non-hydrogen) atoms. The molecule has 3 rings (SSSR count). The Kier molecular flexibility index (Phi) is 3.90. The van der Waals surface area contributed by atoms with Crippen molar-refractivity contribution >= 4 is 40.3 Å². The van der Waals surface area contributed by atoms with Gasteiger partial charge in [-0.3, -0.25) is 14.5 Å². The van der Waals surface area contributed by atoms with Crippen LogP contribution in [-0.4, -0.2) is 34.2 Å². The first-order chi connectivity index (χ1) is 11.1. The van der Waals surface area contributed by atoms with Gasteiger partial charge in [0.1, 0.15) is 0 Å². The summed E-state index contributed by atoms with van der Waals surface area (Å²) in [5.74, 6) is -0.620. The van der Waals surface area contributed by atoms with Crippen LogP contribution in [0.25, 0.3) is 6.08 Å². The van der Waals surface area contributed by atoms with E-state index >= 15 is 0 Å². The molecule has 1 aromatic carbocycles. The number of aromatic nitrogens is 1. The van der Waals surface area contributed by atoms with E-state index in [2.05, 4.69) is 9.98 Å². The molecule has 0 bridgehead atoms. The second-order valence-electron chi connectivity index (χ2n) is 4.76. The van der Waals surface area contributed by atoms with Gasteiger partial charge in [0.15, 0.2) is 5.96 Å². The molecule has 4 N–H and O–H groups in total. The van der Waals surface area contributed by atoms with Gasteiger partial charge in [0, 0.05) is 11.9 Å². The van der Waals surface area contributed by atoms with Gasteiger partial charge in [0.2, 0.25) is 5.13 Å². The number of hydrogen-bond donors (Lipinski definition) is 2. The second kappa shape index (κ2) is 6.01. The van der Waals surface area contributed by atoms with Crippen molar-refractivity contribution in [2.24, 2.45) is 16.5 Å². The van der Waals surface area contributed by atoms with Crippen LogP contribution >= 0.6 is 11.3 Å². The van der Waals surface area contributed by atoms with Crippen LogP contribution in [-0.2, 0) is 0 Å². The highest BCUT2D eigenvalue weighted by Gasteiger charge is 2.34. The molecule has 2 aromatic rings. The zero-order chi connectivity index (χ0) is 16.4. The van der Waals surface area contributed by atoms with Gasteiger partial charge in [-0.1, -0.05) is 18.2 Å². The highest BCUT2D eigenvalue weighted by molar-refractivity contribution is 7.13. The average molecular weight is 327 g/mol. The van der Waals surface area contributed by atoms with Crippen molar-refractivity contribution in [2.75, 3.05) is 6.54 Å². The number of amides is 2. The molecule has 8 heteroatoms. The molecule has 1 aliphatic rings. The van der Waals surface area contributed by atoms with Crippen molar-refractivity contribution in [3.63, 3.8) is 0 Å². The molecule has 0 atom stereocenters. The molecule has 0 aliphatic carbocycles. The lowest BCUT2D eigenvalue weighted by atomic mass is 10.1. The Morgan fingerprint density at radius 3 is 2.48 bits per heavy atom. The second-order valence-corrected chi connectivity index (χ2v) is 5.60. The smallest absolute Gasteiger partial charge is 0.261 e. The molecule has 0 saturated heterocycles. The molecule has 0 fully saturated rings. The van der Waals surface area contributed by atoms with Crippen LogP contribution in [0.4, 0.5) is 5.13 Å². The van der Waals surface area contributed by atoms with Crippen molar-refractivity contribution in [3.8, 4) is 0 Å². The van der Waals surface area contributed by atoms with Crippen LogP contribution < -0.4 is 11.5 Å². The highest BCUT2D eigenvalue weighted by Crippen LogP contribution is 2.23. The lowest BCUT2D eigenvalue weighted by Crippen LogP contribution is -2.29. The summed E-state index contributed by atoms with van der Waals surface area (Å²) in [5, 5.41) is 2.23. The number of benzene rings is 1. The summed E-state index contributed by atoms with van der Waals surface area (Å²) in [5.41, 5.74) is 12.1. The number of fused-ring (bicyclic) bond motifs is 1. The number of thiazole rings is 1. The molecule has 0 spiro atoms. The SMILES string of the molecule is NC(N)=Nc1nc(C=CCN2C(=O)c3ccccc3C2=O)cs1. The van der Waals surface area contributed by atoms with Crippen molar-refractivity contribution in [2.45, 2.75) is 0 Å². The molecule has 0 unspecified atom stereocenters. The van der Waals surface area contributed by atoms with E-state index in [0.29, 0.717) is 22.0 Å². The van der Waals surface area contributed by atoms with Crippen LogP contribution in [0.2, 0.25) is 0 Å². The number of hydrogen-bond acceptors (Lipinski definition) is 5. The summed E-state index contributed by atoms with van der Waals surface area (Å²) in [4.78, 5) is 33.6. The Morgan fingerprint density at radius 2 is 1.87 bits per heavy atom. The molecule has 7 nitrogen and oxygen atoms in total. The van der Waals surface area contributed by atoms with Gasteiger partial charge in [-0.2, -0.15) is 4.99 Å². The van der Waals surface area contributed by atoms with Crippen molar-refractivity contribution < 1.29 is 9.59 Å². The predicted molar refractivity (Wildman–Crippen MR) is 88.4 cm³/mol. The number of carbonyl (C=O) groups is 2. The van der Waals surface area contributed by atoms with Crippen molar-refractivity contribution in [1.82, 2.24) is 9.88 Å². The van der Waals surface area contributed by atoms with Crippen LogP contribution in [0, 0.1) is 0 Å². The first-order valence-electron chi connectivity index (χ1n) is 6.73. The lowest BCUT2D eigenvalue weighted by Gasteiger charge is -2.10. The van der Waals surface area contributed by atoms with Crippen LogP contribution in [0.3, 0.4) is 0 Å². The van der Waals surface area contributed by atoms with Gasteiger partial charge in [0.05, 0.1) is 16.8 Å². The summed E-state index contributed by atoms with van der Waals surface area (Å²) >= 11 is 1.29. The molecular formula is C15H13N5O2S. The maximum atomic E-state index is 12.2. The first-order valence-corrected chi connectivity index (χ1v) is 7.61. The molecule has 1 aromatic heterocycles. The number of guanidine groups is 1. The van der Waals surface area contributed by atoms with Gasteiger partial charge in [0.25, 0.3) is 11.8 Å². The third kappa shape index (κ3) is 2.97. The van der Waals surface area contributed by atoms with E-state index < -0.39 is 0 Å². The predicted octanol–water partition coefficient (Wildman–Crippen LogP) is 1.36. The molecule has 2 amide bonds. The Balaban J connectivity index is 1.70. The minimum Gasteiger partial charge on any atom is -0.370 e. The van der Waals surface area contributed by atoms with E-state index in [0.717, 1.165) is 0 Å². The summed E-state index contributed by atoms with van der Waals surface area (Å²) in [6.07, 6.45) is 3.42. The minimum atomic E-state index is -0.283. The minimum absolute atomic E-state index is 0.0547. The van der Waals surface area contributed by atoms with E-state index in [1.807, 2.05) is 0 Å². The van der Waals surface area contributed by atoms with E-state index in [1.54, 1.807) is 41.8 Å². The third-order valence-corrected chi connectivity index (χ3v) is 3.94. The van der Waals surface area contributed by atoms with Gasteiger partial charge in [-0.15, -0.1) is 11.3 Å². The Bertz CT molecular complexity index is 801. The molecule has 0 saturated carbocycles. The fraction of sp³-hybridized carbons (Fsp3) is 0.0667. The van der Waals surface area contributed by atoms with E-state index in [1.165, 1.54) is 16.2 Å². The van der Waals surface area contributed by atoms with Gasteiger partial charge < -0.3 is 11.5 Å². The van der Waals surface area contributed by atoms with E-state index in [9.17, 15) is 9.59 Å². The average Bonchev–Trinajstić information content (AvgIpc) is 3.05. The van der Waals surface area contributed by atoms with Crippen molar-refractivity contribution in [3.05, 3.63) is 52.5 Å². The summed E-state index contributed by atoms with van der Waals surface area (Å²) in [7, 11) is 0.